The van der Waals surface area contributed by atoms with E-state index in [-0.39, 0.29) is 22.4 Å². The van der Waals surface area contributed by atoms with Crippen molar-refractivity contribution in [3.63, 3.8) is 0 Å². The molecule has 0 saturated carbocycles. The first-order chi connectivity index (χ1) is 9.02. The Bertz CT molecular complexity index is 651. The minimum Gasteiger partial charge on any atom is -0.357 e. The molecule has 0 bridgehead atoms. The van der Waals surface area contributed by atoms with E-state index in [0.717, 1.165) is 12.3 Å². The lowest BCUT2D eigenvalue weighted by molar-refractivity contribution is -0.384. The van der Waals surface area contributed by atoms with Gasteiger partial charge in [-0.05, 0) is 18.2 Å². The summed E-state index contributed by atoms with van der Waals surface area (Å²) in [7, 11) is 1.59. The highest BCUT2D eigenvalue weighted by atomic mass is 35.5. The minimum atomic E-state index is -0.605. The van der Waals surface area contributed by atoms with Crippen molar-refractivity contribution >= 4 is 23.2 Å². The van der Waals surface area contributed by atoms with Gasteiger partial charge in [0.05, 0.1) is 9.95 Å². The topological polar surface area (TPSA) is 81.0 Å². The van der Waals surface area contributed by atoms with Crippen LogP contribution in [0.1, 0.15) is 0 Å². The molecule has 0 spiro atoms. The van der Waals surface area contributed by atoms with E-state index in [9.17, 15) is 14.5 Å². The van der Waals surface area contributed by atoms with Gasteiger partial charge < -0.3 is 5.32 Å². The molecule has 0 unspecified atom stereocenters. The zero-order valence-corrected chi connectivity index (χ0v) is 10.5. The third-order valence-corrected chi connectivity index (χ3v) is 2.67. The van der Waals surface area contributed by atoms with E-state index in [1.165, 1.54) is 12.1 Å². The molecule has 2 rings (SSSR count). The van der Waals surface area contributed by atoms with E-state index < -0.39 is 10.7 Å². The van der Waals surface area contributed by atoms with E-state index in [0.29, 0.717) is 5.56 Å². The van der Waals surface area contributed by atoms with Gasteiger partial charge in [-0.2, -0.15) is 0 Å². The smallest absolute Gasteiger partial charge is 0.313 e. The summed E-state index contributed by atoms with van der Waals surface area (Å²) in [6.07, 6.45) is 1.09. The van der Waals surface area contributed by atoms with E-state index >= 15 is 0 Å². The maximum atomic E-state index is 13.1. The normalized spacial score (nSPS) is 10.3. The van der Waals surface area contributed by atoms with Crippen molar-refractivity contribution in [3.8, 4) is 11.3 Å². The number of hydrogen-bond donors (Lipinski definition) is 1. The van der Waals surface area contributed by atoms with Crippen LogP contribution < -0.4 is 5.32 Å². The molecule has 6 nitrogen and oxygen atoms in total. The van der Waals surface area contributed by atoms with Gasteiger partial charge in [0.25, 0.3) is 0 Å². The van der Waals surface area contributed by atoms with E-state index in [1.54, 1.807) is 7.05 Å². The molecule has 0 fully saturated rings. The Hall–Kier alpha value is -2.28. The van der Waals surface area contributed by atoms with E-state index in [2.05, 4.69) is 15.3 Å². The highest BCUT2D eigenvalue weighted by Crippen LogP contribution is 2.30. The molecule has 1 N–H and O–H groups in total. The van der Waals surface area contributed by atoms with Gasteiger partial charge in [-0.1, -0.05) is 11.6 Å². The van der Waals surface area contributed by atoms with Crippen LogP contribution in [0.3, 0.4) is 0 Å². The van der Waals surface area contributed by atoms with Crippen LogP contribution in [0.5, 0.6) is 0 Å². The Kier molecular flexibility index (Phi) is 3.57. The van der Waals surface area contributed by atoms with Gasteiger partial charge in [-0.3, -0.25) is 10.1 Å². The number of nitrogens with zero attached hydrogens (tertiary/aromatic N) is 3. The number of halogens is 2. The molecule has 8 heteroatoms. The molecule has 0 amide bonds. The SMILES string of the molecule is CNc1ncc([N+](=O)[O-])c(-c2ccc(F)c(Cl)c2)n1. The summed E-state index contributed by atoms with van der Waals surface area (Å²) in [5.41, 5.74) is 0.143. The Labute approximate surface area is 112 Å². The maximum Gasteiger partial charge on any atom is 0.313 e. The average Bonchev–Trinajstić information content (AvgIpc) is 2.41. The second-order valence-electron chi connectivity index (χ2n) is 3.56. The summed E-state index contributed by atoms with van der Waals surface area (Å²) in [6.45, 7) is 0. The van der Waals surface area contributed by atoms with Crippen molar-refractivity contribution in [2.45, 2.75) is 0 Å². The number of nitrogens with one attached hydrogen (secondary N) is 1. The molecular weight excluding hydrogens is 275 g/mol. The second-order valence-corrected chi connectivity index (χ2v) is 3.97. The Morgan fingerprint density at radius 2 is 2.21 bits per heavy atom. The van der Waals surface area contributed by atoms with Crippen LogP contribution in [0.15, 0.2) is 24.4 Å². The lowest BCUT2D eigenvalue weighted by atomic mass is 10.1. The zero-order chi connectivity index (χ0) is 14.0. The van der Waals surface area contributed by atoms with Gasteiger partial charge >= 0.3 is 5.69 Å². The van der Waals surface area contributed by atoms with E-state index in [4.69, 9.17) is 11.6 Å². The summed E-state index contributed by atoms with van der Waals surface area (Å²) in [5.74, 6) is -0.378. The average molecular weight is 283 g/mol. The number of nitro groups is 1. The van der Waals surface area contributed by atoms with Crippen molar-refractivity contribution in [1.29, 1.82) is 0 Å². The molecule has 0 atom stereocenters. The molecule has 0 aliphatic rings. The van der Waals surface area contributed by atoms with Crippen molar-refractivity contribution in [3.05, 3.63) is 45.4 Å². The molecule has 0 radical (unpaired) electrons. The van der Waals surface area contributed by atoms with Gasteiger partial charge in [0.1, 0.15) is 12.0 Å². The molecule has 98 valence electrons. The third-order valence-electron chi connectivity index (χ3n) is 2.38. The summed E-state index contributed by atoms with van der Waals surface area (Å²) in [5, 5.41) is 13.5. The van der Waals surface area contributed by atoms with Crippen molar-refractivity contribution < 1.29 is 9.31 Å². The van der Waals surface area contributed by atoms with Gasteiger partial charge in [0.15, 0.2) is 5.69 Å². The Morgan fingerprint density at radius 3 is 2.79 bits per heavy atom. The molecule has 1 aromatic heterocycles. The van der Waals surface area contributed by atoms with Gasteiger partial charge in [-0.15, -0.1) is 0 Å². The highest BCUT2D eigenvalue weighted by molar-refractivity contribution is 6.31. The van der Waals surface area contributed by atoms with Crippen LogP contribution in [0, 0.1) is 15.9 Å². The molecule has 0 aliphatic carbocycles. The molecule has 2 aromatic rings. The first-order valence-electron chi connectivity index (χ1n) is 5.17. The van der Waals surface area contributed by atoms with Crippen LogP contribution in [0.4, 0.5) is 16.0 Å². The molecule has 1 heterocycles. The number of rotatable bonds is 3. The lowest BCUT2D eigenvalue weighted by Gasteiger charge is -2.05. The fraction of sp³-hybridized carbons (Fsp3) is 0.0909. The van der Waals surface area contributed by atoms with Gasteiger partial charge in [0, 0.05) is 12.6 Å². The monoisotopic (exact) mass is 282 g/mol. The number of anilines is 1. The fourth-order valence-electron chi connectivity index (χ4n) is 1.49. The molecule has 0 aliphatic heterocycles. The van der Waals surface area contributed by atoms with Crippen molar-refractivity contribution in [2.24, 2.45) is 0 Å². The number of benzene rings is 1. The van der Waals surface area contributed by atoms with Crippen molar-refractivity contribution in [2.75, 3.05) is 12.4 Å². The Morgan fingerprint density at radius 1 is 1.47 bits per heavy atom. The minimum absolute atomic E-state index is 0.0752. The first kappa shape index (κ1) is 13.2. The summed E-state index contributed by atoms with van der Waals surface area (Å²) >= 11 is 5.67. The van der Waals surface area contributed by atoms with Crippen LogP contribution in [0.2, 0.25) is 5.02 Å². The highest BCUT2D eigenvalue weighted by Gasteiger charge is 2.19. The molecule has 1 aromatic carbocycles. The van der Waals surface area contributed by atoms with Crippen molar-refractivity contribution in [1.82, 2.24) is 9.97 Å². The predicted octanol–water partition coefficient (Wildman–Crippen LogP) is 2.89. The van der Waals surface area contributed by atoms with Crippen LogP contribution >= 0.6 is 11.6 Å². The standard InChI is InChI=1S/C11H8ClFN4O2/c1-14-11-15-5-9(17(18)19)10(16-11)6-2-3-8(13)7(12)4-6/h2-5H,1H3,(H,14,15,16). The number of hydrogen-bond acceptors (Lipinski definition) is 5. The summed E-state index contributed by atoms with van der Waals surface area (Å²) < 4.78 is 13.1. The second kappa shape index (κ2) is 5.15. The quantitative estimate of drug-likeness (QED) is 0.691. The maximum absolute atomic E-state index is 13.1. The molecule has 19 heavy (non-hydrogen) atoms. The first-order valence-corrected chi connectivity index (χ1v) is 5.55. The zero-order valence-electron chi connectivity index (χ0n) is 9.72. The Balaban J connectivity index is 2.64. The van der Waals surface area contributed by atoms with Gasteiger partial charge in [-0.25, -0.2) is 14.4 Å². The third kappa shape index (κ3) is 2.60. The molecule has 0 saturated heterocycles. The van der Waals surface area contributed by atoms with E-state index in [1.807, 2.05) is 0 Å². The van der Waals surface area contributed by atoms with Crippen LogP contribution in [-0.4, -0.2) is 21.9 Å². The van der Waals surface area contributed by atoms with Crippen LogP contribution in [0.25, 0.3) is 11.3 Å². The predicted molar refractivity (Wildman–Crippen MR) is 68.6 cm³/mol. The largest absolute Gasteiger partial charge is 0.357 e. The summed E-state index contributed by atoms with van der Waals surface area (Å²) in [6, 6.07) is 3.78. The number of aromatic nitrogens is 2. The van der Waals surface area contributed by atoms with Gasteiger partial charge in [0.2, 0.25) is 5.95 Å². The lowest BCUT2D eigenvalue weighted by Crippen LogP contribution is -2.01. The molecular formula is C11H8ClFN4O2. The summed E-state index contributed by atoms with van der Waals surface area (Å²) in [4.78, 5) is 18.1. The van der Waals surface area contributed by atoms with Crippen LogP contribution in [-0.2, 0) is 0 Å². The fourth-order valence-corrected chi connectivity index (χ4v) is 1.67.